The molecule has 0 spiro atoms. The number of hydrogen-bond acceptors (Lipinski definition) is 4. The van der Waals surface area contributed by atoms with Gasteiger partial charge < -0.3 is 23.2 Å². The Bertz CT molecular complexity index is 1560. The fraction of sp³-hybridized carbons (Fsp3) is 0.659. The molecule has 1 fully saturated rings. The molecule has 6 heteroatoms. The maximum absolute atomic E-state index is 8.07. The standard InChI is InChI=1S/C41H63NO4Si/c1-27(2)32-19-20-40(10)31(9)17-18-39(46-47(28(3)4,29(5)6)30(7)8)41(40,21-22-45-26-44-12)36-23-35-33-15-13-14-16-37(33)42(25-43-11)38(35)24-34(32)36/h13-16,23-24,28-31,39H,17-22,25-26H2,1-12H3/t31-,39-,40+,41-/m1/s1. The van der Waals surface area contributed by atoms with E-state index in [1.54, 1.807) is 14.2 Å². The second kappa shape index (κ2) is 14.1. The molecule has 2 aliphatic rings. The zero-order valence-electron chi connectivity index (χ0n) is 31.6. The molecule has 0 unspecified atom stereocenters. The van der Waals surface area contributed by atoms with E-state index in [0.717, 1.165) is 25.7 Å². The Morgan fingerprint density at radius 1 is 0.915 bits per heavy atom. The molecule has 1 heterocycles. The van der Waals surface area contributed by atoms with Gasteiger partial charge in [-0.15, -0.1) is 0 Å². The third-order valence-corrected chi connectivity index (χ3v) is 19.0. The van der Waals surface area contributed by atoms with Crippen LogP contribution in [0.3, 0.4) is 0 Å². The number of ether oxygens (including phenoxy) is 3. The largest absolute Gasteiger partial charge is 0.412 e. The first kappa shape index (κ1) is 36.3. The van der Waals surface area contributed by atoms with Gasteiger partial charge in [0.25, 0.3) is 0 Å². The fourth-order valence-corrected chi connectivity index (χ4v) is 16.1. The number of allylic oxidation sites excluding steroid dienone is 2. The van der Waals surface area contributed by atoms with E-state index in [1.807, 2.05) is 0 Å². The molecular formula is C41H63NO4Si. The minimum atomic E-state index is -2.23. The van der Waals surface area contributed by atoms with E-state index in [4.69, 9.17) is 18.6 Å². The quantitative estimate of drug-likeness (QED) is 0.110. The molecule has 0 amide bonds. The Balaban J connectivity index is 1.92. The highest BCUT2D eigenvalue weighted by Crippen LogP contribution is 2.65. The van der Waals surface area contributed by atoms with Gasteiger partial charge in [-0.2, -0.15) is 0 Å². The predicted octanol–water partition coefficient (Wildman–Crippen LogP) is 11.2. The summed E-state index contributed by atoms with van der Waals surface area (Å²) in [5.41, 5.74) is 9.58. The number of fused-ring (bicyclic) bond motifs is 6. The van der Waals surface area contributed by atoms with E-state index < -0.39 is 8.32 Å². The summed E-state index contributed by atoms with van der Waals surface area (Å²) in [6, 6.07) is 14.0. The van der Waals surface area contributed by atoms with E-state index in [9.17, 15) is 0 Å². The Morgan fingerprint density at radius 2 is 1.60 bits per heavy atom. The average Bonchev–Trinajstić information content (AvgIpc) is 3.26. The maximum Gasteiger partial charge on any atom is 0.200 e. The van der Waals surface area contributed by atoms with Crippen molar-refractivity contribution in [3.8, 4) is 0 Å². The zero-order valence-corrected chi connectivity index (χ0v) is 32.6. The van der Waals surface area contributed by atoms with Gasteiger partial charge in [-0.3, -0.25) is 0 Å². The number of nitrogens with zero attached hydrogens (tertiary/aromatic N) is 1. The third-order valence-electron chi connectivity index (χ3n) is 12.9. The highest BCUT2D eigenvalue weighted by atomic mass is 28.4. The van der Waals surface area contributed by atoms with Crippen molar-refractivity contribution >= 4 is 35.7 Å². The van der Waals surface area contributed by atoms with Crippen LogP contribution < -0.4 is 0 Å². The van der Waals surface area contributed by atoms with Crippen LogP contribution in [0.1, 0.15) is 112 Å². The molecule has 1 aromatic heterocycles. The van der Waals surface area contributed by atoms with Crippen molar-refractivity contribution in [1.82, 2.24) is 4.57 Å². The second-order valence-electron chi connectivity index (χ2n) is 16.1. The Morgan fingerprint density at radius 3 is 2.21 bits per heavy atom. The van der Waals surface area contributed by atoms with Gasteiger partial charge in [-0.05, 0) is 109 Å². The van der Waals surface area contributed by atoms with E-state index >= 15 is 0 Å². The number of rotatable bonds is 12. The number of benzene rings is 2. The van der Waals surface area contributed by atoms with E-state index in [-0.39, 0.29) is 16.9 Å². The van der Waals surface area contributed by atoms with Gasteiger partial charge in [0.05, 0.1) is 23.7 Å². The molecule has 1 saturated carbocycles. The summed E-state index contributed by atoms with van der Waals surface area (Å²) < 4.78 is 27.9. The molecule has 0 bridgehead atoms. The van der Waals surface area contributed by atoms with Gasteiger partial charge >= 0.3 is 0 Å². The van der Waals surface area contributed by atoms with Gasteiger partial charge in [0.1, 0.15) is 13.5 Å². The maximum atomic E-state index is 8.07. The van der Waals surface area contributed by atoms with E-state index in [2.05, 4.69) is 110 Å². The molecular weight excluding hydrogens is 599 g/mol. The zero-order chi connectivity index (χ0) is 34.3. The second-order valence-corrected chi connectivity index (χ2v) is 21.5. The van der Waals surface area contributed by atoms with Crippen molar-refractivity contribution in [3.63, 3.8) is 0 Å². The summed E-state index contributed by atoms with van der Waals surface area (Å²) in [5, 5.41) is 2.59. The summed E-state index contributed by atoms with van der Waals surface area (Å²) in [5.74, 6) is 0.549. The van der Waals surface area contributed by atoms with Crippen LogP contribution in [0.25, 0.3) is 27.4 Å². The topological polar surface area (TPSA) is 41.9 Å². The van der Waals surface area contributed by atoms with Crippen LogP contribution in [-0.2, 0) is 30.8 Å². The van der Waals surface area contributed by atoms with Gasteiger partial charge in [0.15, 0.2) is 0 Å². The first-order valence-electron chi connectivity index (χ1n) is 18.3. The minimum absolute atomic E-state index is 0.0158. The first-order chi connectivity index (χ1) is 22.3. The minimum Gasteiger partial charge on any atom is -0.412 e. The van der Waals surface area contributed by atoms with Crippen LogP contribution >= 0.6 is 0 Å². The Kier molecular flexibility index (Phi) is 10.9. The number of hydrogen-bond donors (Lipinski definition) is 0. The predicted molar refractivity (Wildman–Crippen MR) is 201 cm³/mol. The Hall–Kier alpha value is -1.96. The molecule has 0 aliphatic heterocycles. The van der Waals surface area contributed by atoms with Crippen molar-refractivity contribution in [2.45, 2.75) is 136 Å². The van der Waals surface area contributed by atoms with Crippen molar-refractivity contribution in [1.29, 1.82) is 0 Å². The number of para-hydroxylation sites is 1. The third kappa shape index (κ3) is 5.78. The Labute approximate surface area is 286 Å². The molecule has 5 rings (SSSR count). The number of methoxy groups -OCH3 is 2. The SMILES string of the molecule is COCOCC[C@]12c3cc4c5ccccc5n(COC)c4cc3C(=C(C)C)CC[C@@]1(C)[C@H](C)CC[C@H]2O[Si](C(C)C)(C(C)C)C(C)C. The van der Waals surface area contributed by atoms with Crippen molar-refractivity contribution in [2.75, 3.05) is 27.6 Å². The molecule has 2 aliphatic carbocycles. The lowest BCUT2D eigenvalue weighted by atomic mass is 9.47. The lowest BCUT2D eigenvalue weighted by molar-refractivity contribution is -0.104. The first-order valence-corrected chi connectivity index (χ1v) is 20.4. The monoisotopic (exact) mass is 661 g/mol. The summed E-state index contributed by atoms with van der Waals surface area (Å²) in [6.07, 6.45) is 5.49. The molecule has 5 nitrogen and oxygen atoms in total. The van der Waals surface area contributed by atoms with Gasteiger partial charge in [-0.1, -0.05) is 79.2 Å². The summed E-state index contributed by atoms with van der Waals surface area (Å²) >= 11 is 0. The molecule has 0 N–H and O–H groups in total. The smallest absolute Gasteiger partial charge is 0.200 e. The normalized spacial score (nSPS) is 25.2. The van der Waals surface area contributed by atoms with Crippen LogP contribution in [0.4, 0.5) is 0 Å². The van der Waals surface area contributed by atoms with E-state index in [1.165, 1.54) is 50.5 Å². The molecule has 0 radical (unpaired) electrons. The molecule has 4 atom stereocenters. The highest BCUT2D eigenvalue weighted by Gasteiger charge is 2.62. The van der Waals surface area contributed by atoms with Crippen LogP contribution in [0.2, 0.25) is 16.6 Å². The van der Waals surface area contributed by atoms with Gasteiger partial charge in [0.2, 0.25) is 8.32 Å². The van der Waals surface area contributed by atoms with Crippen LogP contribution in [0, 0.1) is 11.3 Å². The molecule has 47 heavy (non-hydrogen) atoms. The van der Waals surface area contributed by atoms with Gasteiger partial charge in [0, 0.05) is 30.4 Å². The summed E-state index contributed by atoms with van der Waals surface area (Å²) in [6.45, 7) is 25.8. The van der Waals surface area contributed by atoms with Crippen molar-refractivity contribution in [3.05, 3.63) is 53.1 Å². The van der Waals surface area contributed by atoms with Crippen LogP contribution in [0.15, 0.2) is 42.0 Å². The fourth-order valence-electron chi connectivity index (χ4n) is 10.5. The van der Waals surface area contributed by atoms with Crippen LogP contribution in [-0.4, -0.2) is 46.6 Å². The molecule has 0 saturated heterocycles. The molecule has 260 valence electrons. The highest BCUT2D eigenvalue weighted by molar-refractivity contribution is 6.77. The van der Waals surface area contributed by atoms with E-state index in [0.29, 0.717) is 42.7 Å². The number of aromatic nitrogens is 1. The molecule has 2 aromatic carbocycles. The lowest BCUT2D eigenvalue weighted by Gasteiger charge is -2.61. The summed E-state index contributed by atoms with van der Waals surface area (Å²) in [4.78, 5) is 0. The summed E-state index contributed by atoms with van der Waals surface area (Å²) in [7, 11) is 1.29. The van der Waals surface area contributed by atoms with Crippen molar-refractivity contribution in [2.24, 2.45) is 11.3 Å². The average molecular weight is 662 g/mol. The van der Waals surface area contributed by atoms with Crippen molar-refractivity contribution < 1.29 is 18.6 Å². The molecule has 3 aromatic rings. The van der Waals surface area contributed by atoms with Crippen LogP contribution in [0.5, 0.6) is 0 Å². The van der Waals surface area contributed by atoms with Gasteiger partial charge in [-0.25, -0.2) is 0 Å². The lowest BCUT2D eigenvalue weighted by Crippen LogP contribution is -2.63.